The van der Waals surface area contributed by atoms with Crippen LogP contribution in [0.15, 0.2) is 0 Å². The highest BCUT2D eigenvalue weighted by atomic mass is 19.3. The molecule has 1 amide bonds. The van der Waals surface area contributed by atoms with Crippen molar-refractivity contribution in [3.63, 3.8) is 0 Å². The molecule has 0 rings (SSSR count). The molecule has 11 heavy (non-hydrogen) atoms. The van der Waals surface area contributed by atoms with E-state index in [0.29, 0.717) is 0 Å². The predicted molar refractivity (Wildman–Crippen MR) is 33.1 cm³/mol. The summed E-state index contributed by atoms with van der Waals surface area (Å²) >= 11 is 0. The van der Waals surface area contributed by atoms with Gasteiger partial charge in [0.05, 0.1) is 6.04 Å². The molecule has 0 saturated carbocycles. The van der Waals surface area contributed by atoms with Crippen LogP contribution in [0.4, 0.5) is 8.78 Å². The second kappa shape index (κ2) is 4.20. The summed E-state index contributed by atoms with van der Waals surface area (Å²) in [5.41, 5.74) is 6.22. The largest absolute Gasteiger partial charge is 0.319 e. The topological polar surface area (TPSA) is 75.4 Å². The molecule has 66 valence electrons. The standard InChI is InChI=1S/C5H10F2N2O2/c1-2(4(6)7)3(8)5(10)9-11/h2-4,11H,8H2,1H3,(H,9,10)/t2-,3+/m1/s1. The molecule has 0 spiro atoms. The first-order chi connectivity index (χ1) is 5.00. The highest BCUT2D eigenvalue weighted by Gasteiger charge is 2.27. The molecular weight excluding hydrogens is 158 g/mol. The Hall–Kier alpha value is -0.750. The predicted octanol–water partition coefficient (Wildman–Crippen LogP) is -0.280. The van der Waals surface area contributed by atoms with E-state index in [9.17, 15) is 13.6 Å². The number of hydrogen-bond donors (Lipinski definition) is 3. The fraction of sp³-hybridized carbons (Fsp3) is 0.800. The van der Waals surface area contributed by atoms with E-state index in [1.165, 1.54) is 5.48 Å². The van der Waals surface area contributed by atoms with E-state index in [2.05, 4.69) is 0 Å². The Balaban J connectivity index is 4.01. The average molecular weight is 168 g/mol. The molecule has 0 aromatic heterocycles. The van der Waals surface area contributed by atoms with Crippen LogP contribution in [0.2, 0.25) is 0 Å². The molecule has 0 aliphatic rings. The number of nitrogens with one attached hydrogen (secondary N) is 1. The lowest BCUT2D eigenvalue weighted by Gasteiger charge is -2.16. The maximum atomic E-state index is 11.8. The SMILES string of the molecule is C[C@@H](C(F)F)[C@H](N)C(=O)NO. The number of halogens is 2. The van der Waals surface area contributed by atoms with Crippen LogP contribution in [0.25, 0.3) is 0 Å². The molecular formula is C5H10F2N2O2. The van der Waals surface area contributed by atoms with Gasteiger partial charge in [-0.1, -0.05) is 6.92 Å². The van der Waals surface area contributed by atoms with E-state index in [1.807, 2.05) is 0 Å². The van der Waals surface area contributed by atoms with E-state index in [-0.39, 0.29) is 0 Å². The molecule has 0 radical (unpaired) electrons. The van der Waals surface area contributed by atoms with Crippen LogP contribution in [0.1, 0.15) is 6.92 Å². The van der Waals surface area contributed by atoms with Crippen LogP contribution in [0.3, 0.4) is 0 Å². The molecule has 2 atom stereocenters. The Morgan fingerprint density at radius 2 is 2.09 bits per heavy atom. The van der Waals surface area contributed by atoms with Crippen molar-refractivity contribution >= 4 is 5.91 Å². The summed E-state index contributed by atoms with van der Waals surface area (Å²) in [6, 6.07) is -1.38. The Kier molecular flexibility index (Phi) is 3.91. The van der Waals surface area contributed by atoms with Gasteiger partial charge in [-0.3, -0.25) is 10.0 Å². The van der Waals surface area contributed by atoms with Gasteiger partial charge < -0.3 is 5.73 Å². The van der Waals surface area contributed by atoms with Gasteiger partial charge in [-0.15, -0.1) is 0 Å². The number of carbonyl (C=O) groups is 1. The number of carbonyl (C=O) groups excluding carboxylic acids is 1. The molecule has 0 aromatic rings. The molecule has 0 saturated heterocycles. The average Bonchev–Trinajstić information content (AvgIpc) is 2.00. The molecule has 0 heterocycles. The van der Waals surface area contributed by atoms with Crippen molar-refractivity contribution < 1.29 is 18.8 Å². The lowest BCUT2D eigenvalue weighted by Crippen LogP contribution is -2.45. The van der Waals surface area contributed by atoms with Gasteiger partial charge in [-0.25, -0.2) is 14.3 Å². The van der Waals surface area contributed by atoms with Crippen LogP contribution in [-0.4, -0.2) is 23.6 Å². The summed E-state index contributed by atoms with van der Waals surface area (Å²) < 4.78 is 23.7. The second-order valence-electron chi connectivity index (χ2n) is 2.20. The summed E-state index contributed by atoms with van der Waals surface area (Å²) in [7, 11) is 0. The maximum absolute atomic E-state index is 11.8. The van der Waals surface area contributed by atoms with E-state index < -0.39 is 24.3 Å². The number of amides is 1. The molecule has 6 heteroatoms. The zero-order valence-corrected chi connectivity index (χ0v) is 5.92. The molecule has 0 aliphatic heterocycles. The molecule has 0 bridgehead atoms. The third kappa shape index (κ3) is 2.77. The molecule has 4 nitrogen and oxygen atoms in total. The number of hydroxylamine groups is 1. The molecule has 0 aromatic carbocycles. The third-order valence-corrected chi connectivity index (χ3v) is 1.38. The van der Waals surface area contributed by atoms with Crippen molar-refractivity contribution in [2.45, 2.75) is 19.4 Å². The number of alkyl halides is 2. The van der Waals surface area contributed by atoms with Gasteiger partial charge in [-0.05, 0) is 0 Å². The van der Waals surface area contributed by atoms with Crippen LogP contribution in [-0.2, 0) is 4.79 Å². The first-order valence-corrected chi connectivity index (χ1v) is 2.98. The summed E-state index contributed by atoms with van der Waals surface area (Å²) in [6.45, 7) is 1.13. The fourth-order valence-corrected chi connectivity index (χ4v) is 0.470. The Morgan fingerprint density at radius 1 is 1.64 bits per heavy atom. The van der Waals surface area contributed by atoms with Gasteiger partial charge >= 0.3 is 0 Å². The van der Waals surface area contributed by atoms with Crippen molar-refractivity contribution in [3.8, 4) is 0 Å². The number of rotatable bonds is 3. The Morgan fingerprint density at radius 3 is 2.36 bits per heavy atom. The first kappa shape index (κ1) is 10.2. The van der Waals surface area contributed by atoms with Crippen LogP contribution in [0.5, 0.6) is 0 Å². The van der Waals surface area contributed by atoms with Gasteiger partial charge in [0.2, 0.25) is 6.43 Å². The molecule has 0 aliphatic carbocycles. The highest BCUT2D eigenvalue weighted by molar-refractivity contribution is 5.80. The van der Waals surface area contributed by atoms with Crippen molar-refractivity contribution in [3.05, 3.63) is 0 Å². The minimum atomic E-state index is -2.66. The van der Waals surface area contributed by atoms with Gasteiger partial charge in [-0.2, -0.15) is 0 Å². The van der Waals surface area contributed by atoms with Crippen LogP contribution < -0.4 is 11.2 Å². The van der Waals surface area contributed by atoms with E-state index in [0.717, 1.165) is 6.92 Å². The monoisotopic (exact) mass is 168 g/mol. The third-order valence-electron chi connectivity index (χ3n) is 1.38. The zero-order chi connectivity index (χ0) is 9.02. The van der Waals surface area contributed by atoms with E-state index in [4.69, 9.17) is 10.9 Å². The first-order valence-electron chi connectivity index (χ1n) is 2.98. The van der Waals surface area contributed by atoms with Crippen LogP contribution >= 0.6 is 0 Å². The zero-order valence-electron chi connectivity index (χ0n) is 5.92. The fourth-order valence-electron chi connectivity index (χ4n) is 0.470. The number of nitrogens with two attached hydrogens (primary N) is 1. The number of hydrogen-bond acceptors (Lipinski definition) is 3. The highest BCUT2D eigenvalue weighted by Crippen LogP contribution is 2.11. The van der Waals surface area contributed by atoms with Gasteiger partial charge in [0.25, 0.3) is 5.91 Å². The maximum Gasteiger partial charge on any atom is 0.260 e. The molecule has 0 fully saturated rings. The summed E-state index contributed by atoms with van der Waals surface area (Å²) in [4.78, 5) is 10.4. The minimum absolute atomic E-state index is 1.00. The van der Waals surface area contributed by atoms with Crippen LogP contribution in [0, 0.1) is 5.92 Å². The van der Waals surface area contributed by atoms with Crippen molar-refractivity contribution in [2.75, 3.05) is 0 Å². The van der Waals surface area contributed by atoms with Crippen molar-refractivity contribution in [1.82, 2.24) is 5.48 Å². The quantitative estimate of drug-likeness (QED) is 0.400. The molecule has 4 N–H and O–H groups in total. The van der Waals surface area contributed by atoms with E-state index >= 15 is 0 Å². The van der Waals surface area contributed by atoms with E-state index in [1.54, 1.807) is 0 Å². The normalized spacial score (nSPS) is 16.2. The molecule has 0 unspecified atom stereocenters. The van der Waals surface area contributed by atoms with Gasteiger partial charge in [0, 0.05) is 5.92 Å². The summed E-state index contributed by atoms with van der Waals surface area (Å²) in [5, 5.41) is 8.01. The van der Waals surface area contributed by atoms with Gasteiger partial charge in [0.1, 0.15) is 0 Å². The Labute approximate surface area is 62.3 Å². The summed E-state index contributed by atoms with van der Waals surface area (Å²) in [5.74, 6) is -2.26. The van der Waals surface area contributed by atoms with Gasteiger partial charge in [0.15, 0.2) is 0 Å². The van der Waals surface area contributed by atoms with Crippen molar-refractivity contribution in [1.29, 1.82) is 0 Å². The lowest BCUT2D eigenvalue weighted by atomic mass is 10.0. The van der Waals surface area contributed by atoms with Crippen molar-refractivity contribution in [2.24, 2.45) is 11.7 Å². The smallest absolute Gasteiger partial charge is 0.260 e. The Bertz CT molecular complexity index is 142. The minimum Gasteiger partial charge on any atom is -0.319 e. The second-order valence-corrected chi connectivity index (χ2v) is 2.20. The lowest BCUT2D eigenvalue weighted by molar-refractivity contribution is -0.133. The summed E-state index contributed by atoms with van der Waals surface area (Å²) in [6.07, 6.45) is -2.66.